The average Bonchev–Trinajstić information content (AvgIpc) is 2.74. The van der Waals surface area contributed by atoms with E-state index in [0.717, 1.165) is 4.34 Å². The zero-order valence-corrected chi connectivity index (χ0v) is 11.4. The molecule has 0 aromatic carbocycles. The van der Waals surface area contributed by atoms with E-state index in [1.165, 1.54) is 23.1 Å². The van der Waals surface area contributed by atoms with Gasteiger partial charge in [0.05, 0.1) is 11.7 Å². The van der Waals surface area contributed by atoms with Gasteiger partial charge in [0.1, 0.15) is 4.34 Å². The summed E-state index contributed by atoms with van der Waals surface area (Å²) < 4.78 is 1.48. The van der Waals surface area contributed by atoms with Crippen LogP contribution in [0.15, 0.2) is 15.7 Å². The maximum absolute atomic E-state index is 5.79. The van der Waals surface area contributed by atoms with Gasteiger partial charge in [-0.05, 0) is 37.7 Å². The quantitative estimate of drug-likeness (QED) is 0.843. The molecule has 86 valence electrons. The number of hydrogen-bond acceptors (Lipinski definition) is 6. The second kappa shape index (κ2) is 4.31. The molecule has 0 spiro atoms. The Morgan fingerprint density at radius 2 is 2.19 bits per heavy atom. The van der Waals surface area contributed by atoms with Crippen molar-refractivity contribution in [3.05, 3.63) is 10.5 Å². The zero-order chi connectivity index (χ0) is 11.8. The van der Waals surface area contributed by atoms with Crippen molar-refractivity contribution >= 4 is 34.7 Å². The van der Waals surface area contributed by atoms with Crippen molar-refractivity contribution in [2.45, 2.75) is 35.8 Å². The number of halogens is 1. The molecule has 0 bridgehead atoms. The molecule has 0 N–H and O–H groups in total. The second-order valence-electron chi connectivity index (χ2n) is 4.06. The Morgan fingerprint density at radius 1 is 1.44 bits per heavy atom. The van der Waals surface area contributed by atoms with Crippen LogP contribution in [0.25, 0.3) is 0 Å². The highest BCUT2D eigenvalue weighted by molar-refractivity contribution is 8.00. The summed E-state index contributed by atoms with van der Waals surface area (Å²) in [7, 11) is 0. The third-order valence-corrected chi connectivity index (χ3v) is 3.67. The summed E-state index contributed by atoms with van der Waals surface area (Å²) in [5.41, 5.74) is -0.160. The van der Waals surface area contributed by atoms with Crippen LogP contribution in [-0.4, -0.2) is 25.2 Å². The van der Waals surface area contributed by atoms with Crippen molar-refractivity contribution < 1.29 is 0 Å². The van der Waals surface area contributed by atoms with Crippen LogP contribution in [0.2, 0.25) is 4.34 Å². The Morgan fingerprint density at radius 3 is 2.69 bits per heavy atom. The standard InChI is InChI=1S/C8H10ClN5S2/c1-8(2,3)14-12-6(11-13-14)16-7-10-4-5(9)15-7/h4H,1-3H3. The second-order valence-corrected chi connectivity index (χ2v) is 6.94. The Hall–Kier alpha value is -0.660. The third kappa shape index (κ3) is 2.72. The van der Waals surface area contributed by atoms with Crippen molar-refractivity contribution in [1.29, 1.82) is 0 Å². The lowest BCUT2D eigenvalue weighted by atomic mass is 10.1. The third-order valence-electron chi connectivity index (χ3n) is 1.63. The molecule has 2 rings (SSSR count). The minimum absolute atomic E-state index is 0.160. The number of nitrogens with zero attached hydrogens (tertiary/aromatic N) is 5. The summed E-state index contributed by atoms with van der Waals surface area (Å²) in [6, 6.07) is 0. The van der Waals surface area contributed by atoms with E-state index in [9.17, 15) is 0 Å². The van der Waals surface area contributed by atoms with E-state index in [2.05, 4.69) is 20.4 Å². The molecule has 2 heterocycles. The van der Waals surface area contributed by atoms with Gasteiger partial charge in [-0.15, -0.1) is 10.2 Å². The summed E-state index contributed by atoms with van der Waals surface area (Å²) in [6.07, 6.45) is 1.61. The maximum atomic E-state index is 5.79. The average molecular weight is 276 g/mol. The normalized spacial score (nSPS) is 12.0. The monoisotopic (exact) mass is 275 g/mol. The highest BCUT2D eigenvalue weighted by Gasteiger charge is 2.17. The van der Waals surface area contributed by atoms with Gasteiger partial charge in [-0.3, -0.25) is 0 Å². The fraction of sp³-hybridized carbons (Fsp3) is 0.500. The van der Waals surface area contributed by atoms with E-state index in [1.807, 2.05) is 20.8 Å². The molecular formula is C8H10ClN5S2. The predicted octanol–water partition coefficient (Wildman–Crippen LogP) is 2.69. The van der Waals surface area contributed by atoms with Gasteiger partial charge in [0.15, 0.2) is 4.34 Å². The van der Waals surface area contributed by atoms with Crippen LogP contribution in [0.5, 0.6) is 0 Å². The topological polar surface area (TPSA) is 56.5 Å². The molecule has 0 aliphatic heterocycles. The van der Waals surface area contributed by atoms with E-state index in [0.29, 0.717) is 9.49 Å². The van der Waals surface area contributed by atoms with Crippen LogP contribution in [0.4, 0.5) is 0 Å². The van der Waals surface area contributed by atoms with Crippen molar-refractivity contribution in [2.24, 2.45) is 0 Å². The van der Waals surface area contributed by atoms with Crippen LogP contribution in [0.3, 0.4) is 0 Å². The molecular weight excluding hydrogens is 266 g/mol. The largest absolute Gasteiger partial charge is 0.238 e. The number of tetrazole rings is 1. The summed E-state index contributed by atoms with van der Waals surface area (Å²) in [6.45, 7) is 6.05. The van der Waals surface area contributed by atoms with E-state index < -0.39 is 0 Å². The first-order valence-corrected chi connectivity index (χ1v) is 6.56. The molecule has 0 radical (unpaired) electrons. The lowest BCUT2D eigenvalue weighted by Crippen LogP contribution is -2.24. The fourth-order valence-electron chi connectivity index (χ4n) is 0.891. The Labute approximate surface area is 106 Å². The minimum atomic E-state index is -0.160. The lowest BCUT2D eigenvalue weighted by molar-refractivity contribution is 0.304. The Kier molecular flexibility index (Phi) is 3.18. The molecule has 2 aromatic rings. The summed E-state index contributed by atoms with van der Waals surface area (Å²) >= 11 is 8.55. The zero-order valence-electron chi connectivity index (χ0n) is 9.01. The first-order valence-electron chi connectivity index (χ1n) is 4.55. The molecule has 0 fully saturated rings. The van der Waals surface area contributed by atoms with Crippen LogP contribution >= 0.6 is 34.7 Å². The van der Waals surface area contributed by atoms with Gasteiger partial charge < -0.3 is 0 Å². The Bertz CT molecular complexity index is 487. The van der Waals surface area contributed by atoms with Gasteiger partial charge in [-0.1, -0.05) is 22.9 Å². The fourth-order valence-corrected chi connectivity index (χ4v) is 2.79. The maximum Gasteiger partial charge on any atom is 0.238 e. The molecule has 0 aliphatic carbocycles. The number of hydrogen-bond donors (Lipinski definition) is 0. The molecule has 0 saturated heterocycles. The van der Waals surface area contributed by atoms with E-state index in [1.54, 1.807) is 11.0 Å². The van der Waals surface area contributed by atoms with Crippen LogP contribution < -0.4 is 0 Å². The first-order chi connectivity index (χ1) is 7.45. The van der Waals surface area contributed by atoms with Crippen molar-refractivity contribution in [3.8, 4) is 0 Å². The first kappa shape index (κ1) is 11.8. The predicted molar refractivity (Wildman–Crippen MR) is 64.1 cm³/mol. The lowest BCUT2D eigenvalue weighted by Gasteiger charge is -2.15. The number of aromatic nitrogens is 5. The minimum Gasteiger partial charge on any atom is -0.236 e. The molecule has 2 aromatic heterocycles. The number of rotatable bonds is 2. The summed E-state index contributed by atoms with van der Waals surface area (Å²) in [5.74, 6) is 0. The molecule has 0 aliphatic rings. The van der Waals surface area contributed by atoms with Crippen molar-refractivity contribution in [2.75, 3.05) is 0 Å². The summed E-state index contributed by atoms with van der Waals surface area (Å²) in [5, 5.41) is 12.8. The molecule has 0 amide bonds. The van der Waals surface area contributed by atoms with Gasteiger partial charge in [0, 0.05) is 0 Å². The molecule has 0 unspecified atom stereocenters. The molecule has 8 heteroatoms. The molecule has 0 atom stereocenters. The Balaban J connectivity index is 2.14. The van der Waals surface area contributed by atoms with Crippen molar-refractivity contribution in [1.82, 2.24) is 25.2 Å². The molecule has 0 saturated carbocycles. The molecule has 5 nitrogen and oxygen atoms in total. The number of thiazole rings is 1. The van der Waals surface area contributed by atoms with Gasteiger partial charge in [-0.25, -0.2) is 4.98 Å². The van der Waals surface area contributed by atoms with E-state index >= 15 is 0 Å². The van der Waals surface area contributed by atoms with Crippen molar-refractivity contribution in [3.63, 3.8) is 0 Å². The summed E-state index contributed by atoms with van der Waals surface area (Å²) in [4.78, 5) is 5.70. The molecule has 16 heavy (non-hydrogen) atoms. The van der Waals surface area contributed by atoms with Gasteiger partial charge in [0.2, 0.25) is 5.16 Å². The highest BCUT2D eigenvalue weighted by atomic mass is 35.5. The van der Waals surface area contributed by atoms with Crippen LogP contribution in [-0.2, 0) is 5.54 Å². The SMILES string of the molecule is CC(C)(C)n1nnc(Sc2ncc(Cl)s2)n1. The smallest absolute Gasteiger partial charge is 0.236 e. The van der Waals surface area contributed by atoms with Gasteiger partial charge in [0.25, 0.3) is 0 Å². The van der Waals surface area contributed by atoms with Gasteiger partial charge >= 0.3 is 0 Å². The van der Waals surface area contributed by atoms with Crippen LogP contribution in [0, 0.1) is 0 Å². The highest BCUT2D eigenvalue weighted by Crippen LogP contribution is 2.30. The van der Waals surface area contributed by atoms with Crippen LogP contribution in [0.1, 0.15) is 20.8 Å². The van der Waals surface area contributed by atoms with E-state index in [4.69, 9.17) is 11.6 Å². The van der Waals surface area contributed by atoms with E-state index in [-0.39, 0.29) is 5.54 Å². The van der Waals surface area contributed by atoms with Gasteiger partial charge in [-0.2, -0.15) is 4.80 Å².